The fraction of sp³-hybridized carbons (Fsp3) is 0.211. The van der Waals surface area contributed by atoms with Crippen LogP contribution in [0, 0.1) is 0 Å². The van der Waals surface area contributed by atoms with E-state index < -0.39 is 0 Å². The zero-order valence-electron chi connectivity index (χ0n) is 13.6. The number of para-hydroxylation sites is 1. The number of nitrogens with one attached hydrogen (secondary N) is 1. The summed E-state index contributed by atoms with van der Waals surface area (Å²) in [6.07, 6.45) is 0.844. The second-order valence-corrected chi connectivity index (χ2v) is 6.08. The van der Waals surface area contributed by atoms with Crippen LogP contribution in [0.4, 0.5) is 0 Å². The number of nitrogens with zero attached hydrogens (tertiary/aromatic N) is 2. The Kier molecular flexibility index (Phi) is 4.76. The molecule has 0 spiro atoms. The molecule has 1 amide bonds. The molecular formula is C19H18ClN3O. The van der Waals surface area contributed by atoms with E-state index in [0.29, 0.717) is 10.7 Å². The quantitative estimate of drug-likeness (QED) is 0.762. The van der Waals surface area contributed by atoms with Gasteiger partial charge in [0.15, 0.2) is 0 Å². The van der Waals surface area contributed by atoms with Crippen LogP contribution in [0.25, 0.3) is 22.2 Å². The lowest BCUT2D eigenvalue weighted by Gasteiger charge is -2.13. The Bertz CT molecular complexity index is 895. The molecule has 0 fully saturated rings. The summed E-state index contributed by atoms with van der Waals surface area (Å²) in [6.45, 7) is 3.97. The third kappa shape index (κ3) is 3.24. The molecule has 0 unspecified atom stereocenters. The standard InChI is InChI=1S/C19H18ClN3O/c1-3-12(2)21-19(24)18-22-16-11-7-5-9-14(16)17(23-18)13-8-4-6-10-15(13)20/h4-12H,3H2,1-2H3,(H,21,24)/t12-/m1/s1. The zero-order valence-corrected chi connectivity index (χ0v) is 14.3. The van der Waals surface area contributed by atoms with Crippen molar-refractivity contribution in [2.24, 2.45) is 0 Å². The van der Waals surface area contributed by atoms with Gasteiger partial charge in [0.1, 0.15) is 0 Å². The fourth-order valence-electron chi connectivity index (χ4n) is 2.43. The monoisotopic (exact) mass is 339 g/mol. The van der Waals surface area contributed by atoms with Gasteiger partial charge in [0.25, 0.3) is 5.91 Å². The maximum Gasteiger partial charge on any atom is 0.289 e. The number of amides is 1. The van der Waals surface area contributed by atoms with Crippen molar-refractivity contribution >= 4 is 28.4 Å². The number of halogens is 1. The molecule has 3 aromatic rings. The van der Waals surface area contributed by atoms with Crippen molar-refractivity contribution in [1.82, 2.24) is 15.3 Å². The molecule has 4 nitrogen and oxygen atoms in total. The molecule has 1 atom stereocenters. The Labute approximate surface area is 145 Å². The van der Waals surface area contributed by atoms with Crippen molar-refractivity contribution in [3.05, 3.63) is 59.4 Å². The van der Waals surface area contributed by atoms with Crippen LogP contribution < -0.4 is 5.32 Å². The van der Waals surface area contributed by atoms with E-state index in [9.17, 15) is 4.79 Å². The van der Waals surface area contributed by atoms with Crippen molar-refractivity contribution in [2.45, 2.75) is 26.3 Å². The summed E-state index contributed by atoms with van der Waals surface area (Å²) >= 11 is 6.34. The summed E-state index contributed by atoms with van der Waals surface area (Å²) in [5, 5.41) is 4.37. The van der Waals surface area contributed by atoms with Crippen LogP contribution in [0.15, 0.2) is 48.5 Å². The third-order valence-electron chi connectivity index (χ3n) is 3.93. The van der Waals surface area contributed by atoms with Gasteiger partial charge < -0.3 is 5.32 Å². The lowest BCUT2D eigenvalue weighted by atomic mass is 10.1. The van der Waals surface area contributed by atoms with Crippen molar-refractivity contribution in [2.75, 3.05) is 0 Å². The Morgan fingerprint density at radius 1 is 1.12 bits per heavy atom. The highest BCUT2D eigenvalue weighted by Crippen LogP contribution is 2.31. The molecule has 0 aliphatic heterocycles. The molecular weight excluding hydrogens is 322 g/mol. The van der Waals surface area contributed by atoms with E-state index in [-0.39, 0.29) is 17.8 Å². The summed E-state index contributed by atoms with van der Waals surface area (Å²) in [7, 11) is 0. The lowest BCUT2D eigenvalue weighted by Crippen LogP contribution is -2.33. The first kappa shape index (κ1) is 16.4. The molecule has 0 saturated carbocycles. The predicted molar refractivity (Wildman–Crippen MR) is 97.2 cm³/mol. The normalized spacial score (nSPS) is 12.1. The number of aromatic nitrogens is 2. The van der Waals surface area contributed by atoms with Gasteiger partial charge in [0, 0.05) is 22.0 Å². The first-order chi connectivity index (χ1) is 11.6. The van der Waals surface area contributed by atoms with Gasteiger partial charge in [0.2, 0.25) is 5.82 Å². The Hall–Kier alpha value is -2.46. The zero-order chi connectivity index (χ0) is 17.1. The molecule has 1 heterocycles. The number of carbonyl (C=O) groups excluding carboxylic acids is 1. The molecule has 1 N–H and O–H groups in total. The van der Waals surface area contributed by atoms with Gasteiger partial charge in [-0.3, -0.25) is 4.79 Å². The Morgan fingerprint density at radius 3 is 2.58 bits per heavy atom. The highest BCUT2D eigenvalue weighted by atomic mass is 35.5. The van der Waals surface area contributed by atoms with Crippen LogP contribution in [-0.2, 0) is 0 Å². The van der Waals surface area contributed by atoms with E-state index in [4.69, 9.17) is 11.6 Å². The first-order valence-electron chi connectivity index (χ1n) is 7.92. The van der Waals surface area contributed by atoms with E-state index in [1.807, 2.05) is 62.4 Å². The molecule has 0 aliphatic rings. The predicted octanol–water partition coefficient (Wildman–Crippen LogP) is 4.48. The summed E-state index contributed by atoms with van der Waals surface area (Å²) in [6, 6.07) is 15.2. The van der Waals surface area contributed by atoms with Crippen molar-refractivity contribution < 1.29 is 4.79 Å². The molecule has 1 aromatic heterocycles. The van der Waals surface area contributed by atoms with Gasteiger partial charge in [-0.25, -0.2) is 9.97 Å². The Balaban J connectivity index is 2.17. The molecule has 0 saturated heterocycles. The van der Waals surface area contributed by atoms with Gasteiger partial charge in [0.05, 0.1) is 11.2 Å². The van der Waals surface area contributed by atoms with Gasteiger partial charge in [-0.1, -0.05) is 54.9 Å². The lowest BCUT2D eigenvalue weighted by molar-refractivity contribution is 0.0929. The molecule has 3 rings (SSSR count). The van der Waals surface area contributed by atoms with Crippen molar-refractivity contribution in [1.29, 1.82) is 0 Å². The minimum absolute atomic E-state index is 0.0660. The highest BCUT2D eigenvalue weighted by Gasteiger charge is 2.17. The van der Waals surface area contributed by atoms with Crippen LogP contribution in [-0.4, -0.2) is 21.9 Å². The van der Waals surface area contributed by atoms with Crippen LogP contribution in [0.5, 0.6) is 0 Å². The number of hydrogen-bond donors (Lipinski definition) is 1. The topological polar surface area (TPSA) is 54.9 Å². The minimum Gasteiger partial charge on any atom is -0.347 e. The average Bonchev–Trinajstić information content (AvgIpc) is 2.61. The SMILES string of the molecule is CC[C@@H](C)NC(=O)c1nc(-c2ccccc2Cl)c2ccccc2n1. The summed E-state index contributed by atoms with van der Waals surface area (Å²) in [5.74, 6) is -0.118. The van der Waals surface area contributed by atoms with Crippen LogP contribution in [0.2, 0.25) is 5.02 Å². The molecule has 5 heteroatoms. The van der Waals surface area contributed by atoms with E-state index in [2.05, 4.69) is 15.3 Å². The van der Waals surface area contributed by atoms with Gasteiger partial charge >= 0.3 is 0 Å². The second kappa shape index (κ2) is 6.97. The van der Waals surface area contributed by atoms with E-state index in [0.717, 1.165) is 22.9 Å². The number of benzene rings is 2. The minimum atomic E-state index is -0.275. The van der Waals surface area contributed by atoms with E-state index in [1.165, 1.54) is 0 Å². The highest BCUT2D eigenvalue weighted by molar-refractivity contribution is 6.33. The molecule has 122 valence electrons. The summed E-state index contributed by atoms with van der Waals surface area (Å²) in [5.41, 5.74) is 2.17. The Morgan fingerprint density at radius 2 is 1.83 bits per heavy atom. The second-order valence-electron chi connectivity index (χ2n) is 5.68. The number of hydrogen-bond acceptors (Lipinski definition) is 3. The summed E-state index contributed by atoms with van der Waals surface area (Å²) < 4.78 is 0. The molecule has 2 aromatic carbocycles. The average molecular weight is 340 g/mol. The largest absolute Gasteiger partial charge is 0.347 e. The van der Waals surface area contributed by atoms with Crippen LogP contribution in [0.1, 0.15) is 30.9 Å². The molecule has 0 aliphatic carbocycles. The third-order valence-corrected chi connectivity index (χ3v) is 4.25. The molecule has 0 radical (unpaired) electrons. The maximum absolute atomic E-state index is 12.5. The molecule has 0 bridgehead atoms. The molecule has 24 heavy (non-hydrogen) atoms. The van der Waals surface area contributed by atoms with Crippen LogP contribution >= 0.6 is 11.6 Å². The van der Waals surface area contributed by atoms with Crippen molar-refractivity contribution in [3.63, 3.8) is 0 Å². The van der Waals surface area contributed by atoms with Gasteiger partial charge in [-0.2, -0.15) is 0 Å². The van der Waals surface area contributed by atoms with Crippen molar-refractivity contribution in [3.8, 4) is 11.3 Å². The fourth-order valence-corrected chi connectivity index (χ4v) is 2.65. The number of rotatable bonds is 4. The number of fused-ring (bicyclic) bond motifs is 1. The first-order valence-corrected chi connectivity index (χ1v) is 8.30. The smallest absolute Gasteiger partial charge is 0.289 e. The van der Waals surface area contributed by atoms with Gasteiger partial charge in [-0.05, 0) is 25.5 Å². The maximum atomic E-state index is 12.5. The van der Waals surface area contributed by atoms with E-state index >= 15 is 0 Å². The van der Waals surface area contributed by atoms with E-state index in [1.54, 1.807) is 0 Å². The van der Waals surface area contributed by atoms with Crippen LogP contribution in [0.3, 0.4) is 0 Å². The number of carbonyl (C=O) groups is 1. The summed E-state index contributed by atoms with van der Waals surface area (Å²) in [4.78, 5) is 21.4. The van der Waals surface area contributed by atoms with Gasteiger partial charge in [-0.15, -0.1) is 0 Å².